The third-order valence-electron chi connectivity index (χ3n) is 4.43. The molecule has 1 saturated heterocycles. The minimum Gasteiger partial charge on any atom is -0.357 e. The van der Waals surface area contributed by atoms with Gasteiger partial charge in [-0.15, -0.1) is 24.0 Å². The van der Waals surface area contributed by atoms with Crippen LogP contribution in [0.5, 0.6) is 0 Å². The number of aliphatic imine (C=N–C) groups is 1. The second-order valence-corrected chi connectivity index (χ2v) is 6.81. The van der Waals surface area contributed by atoms with E-state index in [-0.39, 0.29) is 24.0 Å². The predicted molar refractivity (Wildman–Crippen MR) is 116 cm³/mol. The maximum atomic E-state index is 4.78. The van der Waals surface area contributed by atoms with Crippen molar-refractivity contribution in [2.75, 3.05) is 32.7 Å². The number of hydrogen-bond donors (Lipinski definition) is 2. The van der Waals surface area contributed by atoms with E-state index in [2.05, 4.69) is 41.4 Å². The van der Waals surface area contributed by atoms with Crippen molar-refractivity contribution in [1.29, 1.82) is 0 Å². The summed E-state index contributed by atoms with van der Waals surface area (Å²) in [6.45, 7) is 12.8. The summed E-state index contributed by atoms with van der Waals surface area (Å²) in [5.41, 5.74) is 0. The zero-order valence-electron chi connectivity index (χ0n) is 15.9. The first kappa shape index (κ1) is 22.2. The number of hydrogen-bond acceptors (Lipinski definition) is 3. The summed E-state index contributed by atoms with van der Waals surface area (Å²) in [7, 11) is 0. The molecule has 2 heterocycles. The van der Waals surface area contributed by atoms with E-state index in [1.165, 1.54) is 38.9 Å². The Labute approximate surface area is 169 Å². The molecule has 2 N–H and O–H groups in total. The molecule has 0 saturated carbocycles. The largest absolute Gasteiger partial charge is 0.357 e. The van der Waals surface area contributed by atoms with E-state index in [1.54, 1.807) is 0 Å². The van der Waals surface area contributed by atoms with Gasteiger partial charge >= 0.3 is 0 Å². The molecule has 0 aliphatic carbocycles. The number of rotatable bonds is 8. The van der Waals surface area contributed by atoms with Gasteiger partial charge < -0.3 is 15.5 Å². The molecule has 25 heavy (non-hydrogen) atoms. The van der Waals surface area contributed by atoms with Crippen LogP contribution in [0.15, 0.2) is 23.5 Å². The molecule has 0 amide bonds. The summed E-state index contributed by atoms with van der Waals surface area (Å²) in [5.74, 6) is 1.42. The van der Waals surface area contributed by atoms with Crippen LogP contribution in [-0.4, -0.2) is 59.4 Å². The average Bonchev–Trinajstić information content (AvgIpc) is 3.08. The SMILES string of the molecule is CCCN1CCC(NC(=NCC(C)Cn2cccn2)NCC)CC1.I. The Kier molecular flexibility index (Phi) is 11.1. The monoisotopic (exact) mass is 462 g/mol. The van der Waals surface area contributed by atoms with Gasteiger partial charge in [0, 0.05) is 51.2 Å². The first-order chi connectivity index (χ1) is 11.7. The molecule has 0 bridgehead atoms. The third-order valence-corrected chi connectivity index (χ3v) is 4.43. The summed E-state index contributed by atoms with van der Waals surface area (Å²) in [5, 5.41) is 11.3. The second kappa shape index (κ2) is 12.5. The van der Waals surface area contributed by atoms with Gasteiger partial charge in [-0.05, 0) is 44.7 Å². The van der Waals surface area contributed by atoms with Crippen molar-refractivity contribution >= 4 is 29.9 Å². The van der Waals surface area contributed by atoms with Gasteiger partial charge in [-0.3, -0.25) is 9.67 Å². The van der Waals surface area contributed by atoms with Gasteiger partial charge in [-0.1, -0.05) is 13.8 Å². The lowest BCUT2D eigenvalue weighted by Crippen LogP contribution is -2.48. The van der Waals surface area contributed by atoms with Crippen LogP contribution in [-0.2, 0) is 6.54 Å². The van der Waals surface area contributed by atoms with E-state index in [0.717, 1.165) is 25.6 Å². The first-order valence-electron chi connectivity index (χ1n) is 9.45. The maximum Gasteiger partial charge on any atom is 0.191 e. The van der Waals surface area contributed by atoms with Gasteiger partial charge in [0.05, 0.1) is 0 Å². The van der Waals surface area contributed by atoms with Crippen molar-refractivity contribution in [3.63, 3.8) is 0 Å². The van der Waals surface area contributed by atoms with E-state index >= 15 is 0 Å². The highest BCUT2D eigenvalue weighted by atomic mass is 127. The highest BCUT2D eigenvalue weighted by molar-refractivity contribution is 14.0. The number of nitrogens with one attached hydrogen (secondary N) is 2. The molecule has 6 nitrogen and oxygen atoms in total. The Morgan fingerprint density at radius 1 is 1.32 bits per heavy atom. The molecule has 1 aliphatic heterocycles. The molecule has 2 rings (SSSR count). The molecule has 1 aliphatic rings. The molecular weight excluding hydrogens is 427 g/mol. The fourth-order valence-electron chi connectivity index (χ4n) is 3.16. The second-order valence-electron chi connectivity index (χ2n) is 6.81. The Morgan fingerprint density at radius 3 is 2.68 bits per heavy atom. The van der Waals surface area contributed by atoms with Crippen LogP contribution in [0.2, 0.25) is 0 Å². The van der Waals surface area contributed by atoms with Crippen LogP contribution in [0, 0.1) is 5.92 Å². The van der Waals surface area contributed by atoms with Crippen LogP contribution in [0.1, 0.15) is 40.0 Å². The smallest absolute Gasteiger partial charge is 0.191 e. The van der Waals surface area contributed by atoms with Crippen LogP contribution < -0.4 is 10.6 Å². The van der Waals surface area contributed by atoms with Crippen LogP contribution in [0.25, 0.3) is 0 Å². The Bertz CT molecular complexity index is 468. The lowest BCUT2D eigenvalue weighted by molar-refractivity contribution is 0.206. The molecule has 1 atom stereocenters. The molecule has 0 aromatic carbocycles. The molecular formula is C18H35IN6. The molecule has 0 spiro atoms. The summed E-state index contributed by atoms with van der Waals surface area (Å²) >= 11 is 0. The van der Waals surface area contributed by atoms with E-state index < -0.39 is 0 Å². The lowest BCUT2D eigenvalue weighted by Gasteiger charge is -2.32. The fourth-order valence-corrected chi connectivity index (χ4v) is 3.16. The Hall–Kier alpha value is -0.830. The zero-order valence-corrected chi connectivity index (χ0v) is 18.3. The summed E-state index contributed by atoms with van der Waals surface area (Å²) in [6.07, 6.45) is 7.48. The number of guanidine groups is 1. The quantitative estimate of drug-likeness (QED) is 0.354. The third kappa shape index (κ3) is 8.40. The topological polar surface area (TPSA) is 57.5 Å². The minimum absolute atomic E-state index is 0. The Morgan fingerprint density at radius 2 is 2.08 bits per heavy atom. The normalized spacial score (nSPS) is 17.8. The molecule has 7 heteroatoms. The van der Waals surface area contributed by atoms with Gasteiger partial charge in [0.2, 0.25) is 0 Å². The fraction of sp³-hybridized carbons (Fsp3) is 0.778. The van der Waals surface area contributed by atoms with Crippen molar-refractivity contribution < 1.29 is 0 Å². The van der Waals surface area contributed by atoms with E-state index in [1.807, 2.05) is 23.1 Å². The van der Waals surface area contributed by atoms with E-state index in [0.29, 0.717) is 12.0 Å². The predicted octanol–water partition coefficient (Wildman–Crippen LogP) is 2.57. The number of piperidine rings is 1. The first-order valence-corrected chi connectivity index (χ1v) is 9.45. The highest BCUT2D eigenvalue weighted by Gasteiger charge is 2.19. The maximum absolute atomic E-state index is 4.78. The van der Waals surface area contributed by atoms with Crippen LogP contribution in [0.3, 0.4) is 0 Å². The molecule has 1 aromatic rings. The zero-order chi connectivity index (χ0) is 17.2. The van der Waals surface area contributed by atoms with Crippen molar-refractivity contribution in [3.8, 4) is 0 Å². The van der Waals surface area contributed by atoms with Crippen molar-refractivity contribution in [3.05, 3.63) is 18.5 Å². The molecule has 0 radical (unpaired) electrons. The molecule has 144 valence electrons. The van der Waals surface area contributed by atoms with Gasteiger partial charge in [-0.2, -0.15) is 5.10 Å². The van der Waals surface area contributed by atoms with Gasteiger partial charge in [0.15, 0.2) is 5.96 Å². The highest BCUT2D eigenvalue weighted by Crippen LogP contribution is 2.10. The van der Waals surface area contributed by atoms with E-state index in [4.69, 9.17) is 4.99 Å². The molecule has 1 unspecified atom stereocenters. The van der Waals surface area contributed by atoms with Gasteiger partial charge in [0.1, 0.15) is 0 Å². The van der Waals surface area contributed by atoms with Crippen molar-refractivity contribution in [2.24, 2.45) is 10.9 Å². The van der Waals surface area contributed by atoms with Gasteiger partial charge in [0.25, 0.3) is 0 Å². The number of aromatic nitrogens is 2. The number of nitrogens with zero attached hydrogens (tertiary/aromatic N) is 4. The lowest BCUT2D eigenvalue weighted by atomic mass is 10.1. The summed E-state index contributed by atoms with van der Waals surface area (Å²) in [6, 6.07) is 2.50. The van der Waals surface area contributed by atoms with Crippen LogP contribution >= 0.6 is 24.0 Å². The van der Waals surface area contributed by atoms with Crippen molar-refractivity contribution in [1.82, 2.24) is 25.3 Å². The van der Waals surface area contributed by atoms with Crippen LogP contribution in [0.4, 0.5) is 0 Å². The van der Waals surface area contributed by atoms with Gasteiger partial charge in [-0.25, -0.2) is 0 Å². The number of halogens is 1. The summed E-state index contributed by atoms with van der Waals surface area (Å²) < 4.78 is 1.98. The number of likely N-dealkylation sites (tertiary alicyclic amines) is 1. The van der Waals surface area contributed by atoms with Crippen molar-refractivity contribution in [2.45, 2.75) is 52.6 Å². The summed E-state index contributed by atoms with van der Waals surface area (Å²) in [4.78, 5) is 7.35. The standard InChI is InChI=1S/C18H34N6.HI/c1-4-10-23-12-7-17(8-13-23)22-18(19-5-2)20-14-16(3)15-24-11-6-9-21-24;/h6,9,11,16-17H,4-5,7-8,10,12-15H2,1-3H3,(H2,19,20,22);1H. The van der Waals surface area contributed by atoms with E-state index in [9.17, 15) is 0 Å². The molecule has 1 fully saturated rings. The average molecular weight is 462 g/mol. The Balaban J connectivity index is 0.00000312. The minimum atomic E-state index is 0. The molecule has 1 aromatic heterocycles.